The summed E-state index contributed by atoms with van der Waals surface area (Å²) in [6.45, 7) is 3.43. The lowest BCUT2D eigenvalue weighted by Gasteiger charge is -2.12. The average molecular weight is 364 g/mol. The van der Waals surface area contributed by atoms with Crippen LogP contribution in [0.4, 0.5) is 13.2 Å². The number of alkyl halides is 3. The Morgan fingerprint density at radius 3 is 2.46 bits per heavy atom. The molecule has 0 amide bonds. The van der Waals surface area contributed by atoms with E-state index in [1.54, 1.807) is 19.2 Å². The fourth-order valence-electron chi connectivity index (χ4n) is 2.88. The van der Waals surface area contributed by atoms with Gasteiger partial charge in [-0.3, -0.25) is 4.68 Å². The number of rotatable bonds is 4. The standard InChI is InChI=1S/C18H19F3N4O/c1-10(22)8-12-4-6-13(7-5-12)26-15-9-14(18(19,20)21)16-11(2)24-25(3)17(16)23-15/h4-7,9-10H,8,22H2,1-3H3. The topological polar surface area (TPSA) is 66.0 Å². The Morgan fingerprint density at radius 1 is 1.23 bits per heavy atom. The fraction of sp³-hybridized carbons (Fsp3) is 0.333. The number of ether oxygens (including phenoxy) is 1. The van der Waals surface area contributed by atoms with E-state index in [1.807, 2.05) is 19.1 Å². The molecule has 0 spiro atoms. The van der Waals surface area contributed by atoms with Gasteiger partial charge in [-0.2, -0.15) is 23.3 Å². The summed E-state index contributed by atoms with van der Waals surface area (Å²) in [5, 5.41) is 4.02. The van der Waals surface area contributed by atoms with Crippen molar-refractivity contribution in [3.05, 3.63) is 47.2 Å². The number of aryl methyl sites for hydroxylation is 2. The molecule has 1 aromatic carbocycles. The van der Waals surface area contributed by atoms with Crippen LogP contribution in [0.5, 0.6) is 11.6 Å². The van der Waals surface area contributed by atoms with Gasteiger partial charge in [0.1, 0.15) is 5.75 Å². The highest BCUT2D eigenvalue weighted by molar-refractivity contribution is 5.83. The third kappa shape index (κ3) is 3.65. The molecular weight excluding hydrogens is 345 g/mol. The maximum absolute atomic E-state index is 13.5. The second kappa shape index (κ2) is 6.60. The molecule has 2 heterocycles. The van der Waals surface area contributed by atoms with Crippen molar-refractivity contribution in [1.82, 2.24) is 14.8 Å². The smallest absolute Gasteiger partial charge is 0.417 e. The summed E-state index contributed by atoms with van der Waals surface area (Å²) in [6, 6.07) is 7.96. The summed E-state index contributed by atoms with van der Waals surface area (Å²) in [6.07, 6.45) is -3.83. The SMILES string of the molecule is Cc1nn(C)c2nc(Oc3ccc(CC(C)N)cc3)cc(C(F)(F)F)c12. The number of nitrogens with two attached hydrogens (primary N) is 1. The fourth-order valence-corrected chi connectivity index (χ4v) is 2.88. The van der Waals surface area contributed by atoms with Gasteiger partial charge in [-0.1, -0.05) is 12.1 Å². The van der Waals surface area contributed by atoms with E-state index < -0.39 is 11.7 Å². The lowest BCUT2D eigenvalue weighted by atomic mass is 10.1. The molecule has 2 aromatic heterocycles. The number of benzene rings is 1. The molecule has 0 aliphatic heterocycles. The zero-order chi connectivity index (χ0) is 19.1. The molecule has 2 N–H and O–H groups in total. The number of hydrogen-bond acceptors (Lipinski definition) is 4. The van der Waals surface area contributed by atoms with E-state index in [-0.39, 0.29) is 28.6 Å². The highest BCUT2D eigenvalue weighted by Crippen LogP contribution is 2.38. The maximum atomic E-state index is 13.5. The largest absolute Gasteiger partial charge is 0.439 e. The summed E-state index contributed by atoms with van der Waals surface area (Å²) >= 11 is 0. The van der Waals surface area contributed by atoms with Gasteiger partial charge >= 0.3 is 6.18 Å². The summed E-state index contributed by atoms with van der Waals surface area (Å²) in [5.41, 5.74) is 6.37. The monoisotopic (exact) mass is 364 g/mol. The minimum atomic E-state index is -4.53. The Labute approximate surface area is 148 Å². The van der Waals surface area contributed by atoms with Gasteiger partial charge in [0.25, 0.3) is 0 Å². The normalized spacial score (nSPS) is 13.2. The molecule has 3 rings (SSSR count). The molecule has 0 bridgehead atoms. The molecule has 3 aromatic rings. The van der Waals surface area contributed by atoms with Gasteiger partial charge in [-0.05, 0) is 38.0 Å². The van der Waals surface area contributed by atoms with Crippen molar-refractivity contribution in [2.75, 3.05) is 0 Å². The highest BCUT2D eigenvalue weighted by atomic mass is 19.4. The van der Waals surface area contributed by atoms with Crippen molar-refractivity contribution in [1.29, 1.82) is 0 Å². The molecule has 138 valence electrons. The molecule has 0 saturated carbocycles. The molecule has 1 unspecified atom stereocenters. The van der Waals surface area contributed by atoms with E-state index in [0.29, 0.717) is 12.2 Å². The lowest BCUT2D eigenvalue weighted by molar-refractivity contribution is -0.136. The van der Waals surface area contributed by atoms with Crippen LogP contribution in [0.2, 0.25) is 0 Å². The molecule has 5 nitrogen and oxygen atoms in total. The molecule has 0 saturated heterocycles. The minimum absolute atomic E-state index is 0.0142. The van der Waals surface area contributed by atoms with Crippen molar-refractivity contribution in [2.24, 2.45) is 12.8 Å². The van der Waals surface area contributed by atoms with Crippen LogP contribution in [0.15, 0.2) is 30.3 Å². The Balaban J connectivity index is 1.99. The Kier molecular flexibility index (Phi) is 4.62. The molecule has 0 fully saturated rings. The lowest BCUT2D eigenvalue weighted by Crippen LogP contribution is -2.17. The Bertz CT molecular complexity index is 930. The van der Waals surface area contributed by atoms with Crippen molar-refractivity contribution in [2.45, 2.75) is 32.5 Å². The van der Waals surface area contributed by atoms with Crippen LogP contribution in [-0.4, -0.2) is 20.8 Å². The van der Waals surface area contributed by atoms with E-state index in [4.69, 9.17) is 10.5 Å². The number of nitrogens with zero attached hydrogens (tertiary/aromatic N) is 3. The summed E-state index contributed by atoms with van der Waals surface area (Å²) in [7, 11) is 1.55. The van der Waals surface area contributed by atoms with Gasteiger partial charge in [0.2, 0.25) is 5.88 Å². The highest BCUT2D eigenvalue weighted by Gasteiger charge is 2.35. The zero-order valence-corrected chi connectivity index (χ0v) is 14.6. The average Bonchev–Trinajstić information content (AvgIpc) is 2.82. The van der Waals surface area contributed by atoms with E-state index in [2.05, 4.69) is 10.1 Å². The first-order chi connectivity index (χ1) is 12.1. The maximum Gasteiger partial charge on any atom is 0.417 e. The summed E-state index contributed by atoms with van der Waals surface area (Å²) in [5.74, 6) is 0.269. The summed E-state index contributed by atoms with van der Waals surface area (Å²) in [4.78, 5) is 4.19. The van der Waals surface area contributed by atoms with E-state index >= 15 is 0 Å². The van der Waals surface area contributed by atoms with E-state index in [1.165, 1.54) is 11.6 Å². The van der Waals surface area contributed by atoms with Crippen LogP contribution < -0.4 is 10.5 Å². The second-order valence-corrected chi connectivity index (χ2v) is 6.34. The van der Waals surface area contributed by atoms with Crippen molar-refractivity contribution in [3.8, 4) is 11.6 Å². The van der Waals surface area contributed by atoms with Crippen molar-refractivity contribution < 1.29 is 17.9 Å². The summed E-state index contributed by atoms with van der Waals surface area (Å²) < 4.78 is 47.3. The minimum Gasteiger partial charge on any atom is -0.439 e. The quantitative estimate of drug-likeness (QED) is 0.761. The van der Waals surface area contributed by atoms with Crippen molar-refractivity contribution >= 4 is 11.0 Å². The Hall–Kier alpha value is -2.61. The van der Waals surface area contributed by atoms with Gasteiger partial charge in [-0.25, -0.2) is 0 Å². The third-order valence-electron chi connectivity index (χ3n) is 3.95. The van der Waals surface area contributed by atoms with Crippen LogP contribution in [0, 0.1) is 6.92 Å². The van der Waals surface area contributed by atoms with E-state index in [9.17, 15) is 13.2 Å². The molecule has 8 heteroatoms. The predicted molar refractivity (Wildman–Crippen MR) is 92.1 cm³/mol. The van der Waals surface area contributed by atoms with Gasteiger partial charge < -0.3 is 10.5 Å². The molecule has 26 heavy (non-hydrogen) atoms. The van der Waals surface area contributed by atoms with Crippen LogP contribution in [0.3, 0.4) is 0 Å². The molecular formula is C18H19F3N4O. The molecule has 1 atom stereocenters. The molecule has 0 radical (unpaired) electrons. The van der Waals surface area contributed by atoms with Crippen LogP contribution in [0.1, 0.15) is 23.7 Å². The third-order valence-corrected chi connectivity index (χ3v) is 3.95. The van der Waals surface area contributed by atoms with Crippen molar-refractivity contribution in [3.63, 3.8) is 0 Å². The van der Waals surface area contributed by atoms with Crippen LogP contribution in [0.25, 0.3) is 11.0 Å². The van der Waals surface area contributed by atoms with Gasteiger partial charge in [-0.15, -0.1) is 0 Å². The molecule has 0 aliphatic rings. The molecule has 0 aliphatic carbocycles. The van der Waals surface area contributed by atoms with Crippen LogP contribution >= 0.6 is 0 Å². The second-order valence-electron chi connectivity index (χ2n) is 6.34. The number of pyridine rings is 1. The Morgan fingerprint density at radius 2 is 1.88 bits per heavy atom. The van der Waals surface area contributed by atoms with Gasteiger partial charge in [0.15, 0.2) is 5.65 Å². The van der Waals surface area contributed by atoms with Gasteiger partial charge in [0.05, 0.1) is 16.6 Å². The number of halogens is 3. The number of hydrogen-bond donors (Lipinski definition) is 1. The first-order valence-corrected chi connectivity index (χ1v) is 8.09. The first-order valence-electron chi connectivity index (χ1n) is 8.09. The predicted octanol–water partition coefficient (Wildman–Crippen LogP) is 3.98. The van der Waals surface area contributed by atoms with Crippen LogP contribution in [-0.2, 0) is 19.6 Å². The van der Waals surface area contributed by atoms with Gasteiger partial charge in [0, 0.05) is 19.2 Å². The first kappa shape index (κ1) is 18.2. The number of fused-ring (bicyclic) bond motifs is 1. The number of aromatic nitrogens is 3. The van der Waals surface area contributed by atoms with E-state index in [0.717, 1.165) is 11.6 Å². The zero-order valence-electron chi connectivity index (χ0n) is 14.6.